The average molecular weight is 535 g/mol. The highest BCUT2D eigenvalue weighted by Gasteiger charge is 2.24. The molecular formula is C30H39ClN6O. The quantitative estimate of drug-likeness (QED) is 0.294. The molecule has 0 radical (unpaired) electrons. The van der Waals surface area contributed by atoms with Crippen LogP contribution in [0.15, 0.2) is 73.0 Å². The van der Waals surface area contributed by atoms with Crippen molar-refractivity contribution in [2.75, 3.05) is 14.1 Å². The summed E-state index contributed by atoms with van der Waals surface area (Å²) in [6.07, 6.45) is 18.8. The molecule has 1 fully saturated rings. The molecule has 38 heavy (non-hydrogen) atoms. The first-order valence-electron chi connectivity index (χ1n) is 13.1. The fraction of sp³-hybridized carbons (Fsp3) is 0.367. The molecule has 0 amide bonds. The molecule has 1 aromatic carbocycles. The number of nitrogens with one attached hydrogen (secondary N) is 3. The van der Waals surface area contributed by atoms with Crippen molar-refractivity contribution >= 4 is 17.9 Å². The predicted molar refractivity (Wildman–Crippen MR) is 155 cm³/mol. The number of pyridine rings is 1. The zero-order valence-corrected chi connectivity index (χ0v) is 23.3. The molecule has 8 heteroatoms. The van der Waals surface area contributed by atoms with Crippen LogP contribution in [0.3, 0.4) is 0 Å². The molecule has 3 aromatic rings. The Balaban J connectivity index is 0.000000336. The van der Waals surface area contributed by atoms with Crippen molar-refractivity contribution in [3.8, 4) is 0 Å². The Hall–Kier alpha value is -3.26. The molecular weight excluding hydrogens is 496 g/mol. The molecule has 0 aliphatic heterocycles. The van der Waals surface area contributed by atoms with E-state index in [-0.39, 0.29) is 0 Å². The van der Waals surface area contributed by atoms with Gasteiger partial charge in [-0.05, 0) is 68.6 Å². The van der Waals surface area contributed by atoms with E-state index in [0.29, 0.717) is 16.6 Å². The minimum atomic E-state index is 0.412. The lowest BCUT2D eigenvalue weighted by atomic mass is 9.89. The first kappa shape index (κ1) is 29.3. The number of benzene rings is 1. The molecule has 1 saturated carbocycles. The van der Waals surface area contributed by atoms with Gasteiger partial charge in [-0.2, -0.15) is 0 Å². The van der Waals surface area contributed by atoms with Crippen molar-refractivity contribution in [3.63, 3.8) is 0 Å². The van der Waals surface area contributed by atoms with E-state index in [1.54, 1.807) is 13.1 Å². The fourth-order valence-corrected chi connectivity index (χ4v) is 4.85. The van der Waals surface area contributed by atoms with E-state index >= 15 is 0 Å². The number of aryl methyl sites for hydroxylation is 1. The van der Waals surface area contributed by atoms with Crippen molar-refractivity contribution in [2.24, 2.45) is 0 Å². The number of allylic oxidation sites excluding steroid dienone is 2. The molecule has 0 bridgehead atoms. The zero-order valence-electron chi connectivity index (χ0n) is 22.6. The maximum absolute atomic E-state index is 10.3. The Morgan fingerprint density at radius 2 is 1.95 bits per heavy atom. The third-order valence-electron chi connectivity index (χ3n) is 6.60. The number of hydrogen-bond donors (Lipinski definition) is 3. The molecule has 3 N–H and O–H groups in total. The van der Waals surface area contributed by atoms with E-state index in [1.807, 2.05) is 32.7 Å². The van der Waals surface area contributed by atoms with E-state index in [2.05, 4.69) is 66.9 Å². The Kier molecular flexibility index (Phi) is 12.2. The van der Waals surface area contributed by atoms with Gasteiger partial charge in [-0.3, -0.25) is 14.7 Å². The molecule has 7 nitrogen and oxygen atoms in total. The second-order valence-corrected chi connectivity index (χ2v) is 9.89. The standard InChI is InChI=1S/C23H33N5.C7H6ClNO/c1-24-12-4-6-19-5-3-7-22(15-19)28(18-23-26-13-14-27-23)17-21-10-8-20(9-11-21)16-25-2;1-5-2-9-3-7(8)6(5)4-10/h4,6,8-14,22,24-25H,3,5,7,15-18H2,1-2H3,(H,26,27);2-4H,1H3/b12-4-,19-6-;. The summed E-state index contributed by atoms with van der Waals surface area (Å²) in [6.45, 7) is 4.51. The highest BCUT2D eigenvalue weighted by molar-refractivity contribution is 6.32. The van der Waals surface area contributed by atoms with Gasteiger partial charge in [0.2, 0.25) is 0 Å². The maximum Gasteiger partial charge on any atom is 0.151 e. The first-order chi connectivity index (χ1) is 18.5. The molecule has 1 aliphatic rings. The van der Waals surface area contributed by atoms with Gasteiger partial charge in [-0.1, -0.05) is 47.5 Å². The highest BCUT2D eigenvalue weighted by atomic mass is 35.5. The van der Waals surface area contributed by atoms with E-state index in [0.717, 1.165) is 43.7 Å². The van der Waals surface area contributed by atoms with Gasteiger partial charge in [0, 0.05) is 56.5 Å². The topological polar surface area (TPSA) is 85.9 Å². The van der Waals surface area contributed by atoms with E-state index in [9.17, 15) is 4.79 Å². The van der Waals surface area contributed by atoms with Crippen LogP contribution in [0.25, 0.3) is 0 Å². The number of hydrogen-bond acceptors (Lipinski definition) is 6. The minimum Gasteiger partial charge on any atom is -0.394 e. The smallest absolute Gasteiger partial charge is 0.151 e. The molecule has 202 valence electrons. The minimum absolute atomic E-state index is 0.412. The largest absolute Gasteiger partial charge is 0.394 e. The van der Waals surface area contributed by atoms with Crippen LogP contribution in [0.2, 0.25) is 5.02 Å². The van der Waals surface area contributed by atoms with Gasteiger partial charge in [-0.15, -0.1) is 0 Å². The first-order valence-corrected chi connectivity index (χ1v) is 13.4. The van der Waals surface area contributed by atoms with Gasteiger partial charge in [-0.25, -0.2) is 4.98 Å². The second-order valence-electron chi connectivity index (χ2n) is 9.48. The Morgan fingerprint density at radius 1 is 1.16 bits per heavy atom. The van der Waals surface area contributed by atoms with E-state index < -0.39 is 0 Å². The molecule has 0 saturated heterocycles. The van der Waals surface area contributed by atoms with Gasteiger partial charge < -0.3 is 15.6 Å². The van der Waals surface area contributed by atoms with Crippen LogP contribution >= 0.6 is 11.6 Å². The summed E-state index contributed by atoms with van der Waals surface area (Å²) in [5.74, 6) is 1.04. The van der Waals surface area contributed by atoms with Gasteiger partial charge in [0.1, 0.15) is 5.82 Å². The van der Waals surface area contributed by atoms with Gasteiger partial charge in [0.25, 0.3) is 0 Å². The number of nitrogens with zero attached hydrogens (tertiary/aromatic N) is 3. The normalized spacial score (nSPS) is 16.4. The fourth-order valence-electron chi connectivity index (χ4n) is 4.60. The van der Waals surface area contributed by atoms with Gasteiger partial charge in [0.05, 0.1) is 11.6 Å². The molecule has 1 aliphatic carbocycles. The second kappa shape index (κ2) is 15.9. The van der Waals surface area contributed by atoms with Crippen molar-refractivity contribution < 1.29 is 4.79 Å². The van der Waals surface area contributed by atoms with Crippen molar-refractivity contribution in [1.82, 2.24) is 30.5 Å². The summed E-state index contributed by atoms with van der Waals surface area (Å²) in [6, 6.07) is 9.52. The van der Waals surface area contributed by atoms with Crippen molar-refractivity contribution in [2.45, 2.75) is 58.3 Å². The summed E-state index contributed by atoms with van der Waals surface area (Å²) >= 11 is 5.64. The van der Waals surface area contributed by atoms with Gasteiger partial charge in [0.15, 0.2) is 6.29 Å². The Bertz CT molecular complexity index is 1150. The van der Waals surface area contributed by atoms with Crippen LogP contribution in [0.1, 0.15) is 58.6 Å². The lowest BCUT2D eigenvalue weighted by Crippen LogP contribution is -2.36. The number of H-pyrrole nitrogens is 1. The van der Waals surface area contributed by atoms with E-state index in [1.165, 1.54) is 42.2 Å². The summed E-state index contributed by atoms with van der Waals surface area (Å²) in [5, 5.41) is 6.69. The summed E-state index contributed by atoms with van der Waals surface area (Å²) in [7, 11) is 3.92. The lowest BCUT2D eigenvalue weighted by molar-refractivity contribution is 0.112. The lowest BCUT2D eigenvalue weighted by Gasteiger charge is -2.35. The average Bonchev–Trinajstić information content (AvgIpc) is 3.44. The molecule has 4 rings (SSSR count). The van der Waals surface area contributed by atoms with Gasteiger partial charge >= 0.3 is 0 Å². The molecule has 1 unspecified atom stereocenters. The number of aromatic amines is 1. The molecule has 2 heterocycles. The highest BCUT2D eigenvalue weighted by Crippen LogP contribution is 2.29. The summed E-state index contributed by atoms with van der Waals surface area (Å²) in [5.41, 5.74) is 5.55. The zero-order chi connectivity index (χ0) is 27.2. The number of halogens is 1. The van der Waals surface area contributed by atoms with Crippen molar-refractivity contribution in [3.05, 3.63) is 106 Å². The number of aldehydes is 1. The number of aromatic nitrogens is 3. The van der Waals surface area contributed by atoms with Crippen LogP contribution < -0.4 is 10.6 Å². The summed E-state index contributed by atoms with van der Waals surface area (Å²) in [4.78, 5) is 24.5. The van der Waals surface area contributed by atoms with Crippen LogP contribution in [-0.4, -0.2) is 46.3 Å². The third-order valence-corrected chi connectivity index (χ3v) is 6.90. The molecule has 2 aromatic heterocycles. The molecule has 0 spiro atoms. The predicted octanol–water partition coefficient (Wildman–Crippen LogP) is 5.59. The number of rotatable bonds is 10. The van der Waals surface area contributed by atoms with Crippen LogP contribution in [-0.2, 0) is 19.6 Å². The monoisotopic (exact) mass is 534 g/mol. The summed E-state index contributed by atoms with van der Waals surface area (Å²) < 4.78 is 0. The Labute approximate surface area is 231 Å². The third kappa shape index (κ3) is 9.24. The number of carbonyl (C=O) groups excluding carboxylic acids is 1. The number of carbonyl (C=O) groups is 1. The van der Waals surface area contributed by atoms with Crippen LogP contribution in [0, 0.1) is 6.92 Å². The number of imidazole rings is 1. The van der Waals surface area contributed by atoms with Crippen LogP contribution in [0.5, 0.6) is 0 Å². The maximum atomic E-state index is 10.3. The molecule has 1 atom stereocenters. The SMILES string of the molecule is CN/C=C\C=C1\CCCC(N(Cc2ccc(CNC)cc2)Cc2ncc[nH]2)C1.Cc1cncc(Cl)c1C=O. The Morgan fingerprint density at radius 3 is 2.58 bits per heavy atom. The van der Waals surface area contributed by atoms with E-state index in [4.69, 9.17) is 11.6 Å². The van der Waals surface area contributed by atoms with Crippen LogP contribution in [0.4, 0.5) is 0 Å². The van der Waals surface area contributed by atoms with Crippen molar-refractivity contribution in [1.29, 1.82) is 0 Å².